The Bertz CT molecular complexity index is 744. The minimum atomic E-state index is 0.726. The summed E-state index contributed by atoms with van der Waals surface area (Å²) in [7, 11) is 2.01. The molecule has 4 heteroatoms. The lowest BCUT2D eigenvalue weighted by atomic mass is 10.1. The van der Waals surface area contributed by atoms with E-state index >= 15 is 0 Å². The minimum Gasteiger partial charge on any atom is -0.370 e. The number of hydrogen-bond acceptors (Lipinski definition) is 4. The summed E-state index contributed by atoms with van der Waals surface area (Å²) in [4.78, 5) is 11.0. The van der Waals surface area contributed by atoms with Crippen LogP contribution in [0.15, 0.2) is 72.9 Å². The van der Waals surface area contributed by atoms with E-state index in [4.69, 9.17) is 0 Å². The fourth-order valence-electron chi connectivity index (χ4n) is 2.54. The van der Waals surface area contributed by atoms with Crippen LogP contribution >= 0.6 is 0 Å². The zero-order chi connectivity index (χ0) is 16.6. The van der Waals surface area contributed by atoms with Gasteiger partial charge in [-0.1, -0.05) is 60.7 Å². The molecule has 1 N–H and O–H groups in total. The van der Waals surface area contributed by atoms with E-state index in [1.54, 1.807) is 6.20 Å². The fraction of sp³-hybridized carbons (Fsp3) is 0.200. The predicted octanol–water partition coefficient (Wildman–Crippen LogP) is 3.77. The van der Waals surface area contributed by atoms with Gasteiger partial charge in [0, 0.05) is 26.3 Å². The summed E-state index contributed by atoms with van der Waals surface area (Å²) in [6, 6.07) is 22.7. The molecule has 0 amide bonds. The smallest absolute Gasteiger partial charge is 0.227 e. The van der Waals surface area contributed by atoms with Crippen molar-refractivity contribution in [2.24, 2.45) is 0 Å². The molecule has 2 aromatic carbocycles. The lowest BCUT2D eigenvalue weighted by Gasteiger charge is -2.17. The van der Waals surface area contributed by atoms with E-state index in [2.05, 4.69) is 56.6 Å². The molecule has 0 aliphatic heterocycles. The number of nitrogens with one attached hydrogen (secondary N) is 1. The number of hydrogen-bond donors (Lipinski definition) is 1. The van der Waals surface area contributed by atoms with Crippen molar-refractivity contribution in [2.45, 2.75) is 13.0 Å². The highest BCUT2D eigenvalue weighted by Gasteiger charge is 2.06. The Labute approximate surface area is 143 Å². The highest BCUT2D eigenvalue weighted by atomic mass is 15.2. The average Bonchev–Trinajstić information content (AvgIpc) is 2.64. The van der Waals surface area contributed by atoms with Gasteiger partial charge in [0.25, 0.3) is 0 Å². The summed E-state index contributed by atoms with van der Waals surface area (Å²) < 4.78 is 0. The summed E-state index contributed by atoms with van der Waals surface area (Å²) in [6.07, 6.45) is 2.77. The zero-order valence-corrected chi connectivity index (χ0v) is 13.9. The van der Waals surface area contributed by atoms with E-state index < -0.39 is 0 Å². The Kier molecular flexibility index (Phi) is 5.40. The third-order valence-electron chi connectivity index (χ3n) is 3.81. The second-order valence-corrected chi connectivity index (χ2v) is 5.75. The maximum atomic E-state index is 4.60. The van der Waals surface area contributed by atoms with Crippen LogP contribution in [0.25, 0.3) is 0 Å². The first-order chi connectivity index (χ1) is 11.8. The maximum absolute atomic E-state index is 4.60. The first-order valence-electron chi connectivity index (χ1n) is 8.17. The number of nitrogens with zero attached hydrogens (tertiary/aromatic N) is 3. The molecular formula is C20H22N4. The second-order valence-electron chi connectivity index (χ2n) is 5.75. The summed E-state index contributed by atoms with van der Waals surface area (Å²) in [5.74, 6) is 1.58. The van der Waals surface area contributed by atoms with E-state index in [1.165, 1.54) is 11.1 Å². The Balaban J connectivity index is 1.57. The quantitative estimate of drug-likeness (QED) is 0.720. The van der Waals surface area contributed by atoms with Gasteiger partial charge in [-0.15, -0.1) is 0 Å². The first kappa shape index (κ1) is 16.0. The van der Waals surface area contributed by atoms with Crippen molar-refractivity contribution in [3.63, 3.8) is 0 Å². The lowest BCUT2D eigenvalue weighted by Crippen LogP contribution is -2.19. The Hall–Kier alpha value is -2.88. The number of aromatic nitrogens is 2. The standard InChI is InChI=1S/C20H22N4/c1-24(16-18-10-6-3-7-11-18)20-22-15-13-19(23-20)21-14-12-17-8-4-2-5-9-17/h2-11,13,15H,12,14,16H2,1H3,(H,21,22,23). The normalized spacial score (nSPS) is 10.4. The SMILES string of the molecule is CN(Cc1ccccc1)c1nccc(NCCc2ccccc2)n1. The zero-order valence-electron chi connectivity index (χ0n) is 13.9. The summed E-state index contributed by atoms with van der Waals surface area (Å²) in [6.45, 7) is 1.64. The van der Waals surface area contributed by atoms with E-state index in [0.29, 0.717) is 0 Å². The molecule has 0 spiro atoms. The van der Waals surface area contributed by atoms with Crippen LogP contribution in [0, 0.1) is 0 Å². The van der Waals surface area contributed by atoms with Gasteiger partial charge in [0.2, 0.25) is 5.95 Å². The molecule has 4 nitrogen and oxygen atoms in total. The van der Waals surface area contributed by atoms with Gasteiger partial charge >= 0.3 is 0 Å². The van der Waals surface area contributed by atoms with E-state index in [-0.39, 0.29) is 0 Å². The third kappa shape index (κ3) is 4.56. The number of rotatable bonds is 7. The molecule has 122 valence electrons. The molecule has 3 aromatic rings. The lowest BCUT2D eigenvalue weighted by molar-refractivity contribution is 0.864. The van der Waals surface area contributed by atoms with Crippen LogP contribution in [0.3, 0.4) is 0 Å². The number of benzene rings is 2. The Morgan fingerprint density at radius 1 is 0.875 bits per heavy atom. The third-order valence-corrected chi connectivity index (χ3v) is 3.81. The van der Waals surface area contributed by atoms with Gasteiger partial charge in [0.1, 0.15) is 5.82 Å². The van der Waals surface area contributed by atoms with E-state index in [9.17, 15) is 0 Å². The van der Waals surface area contributed by atoms with Gasteiger partial charge in [0.05, 0.1) is 0 Å². The maximum Gasteiger partial charge on any atom is 0.227 e. The van der Waals surface area contributed by atoms with Gasteiger partial charge in [-0.25, -0.2) is 4.98 Å². The van der Waals surface area contributed by atoms with Crippen molar-refractivity contribution in [2.75, 3.05) is 23.8 Å². The van der Waals surface area contributed by atoms with Gasteiger partial charge in [-0.3, -0.25) is 0 Å². The highest BCUT2D eigenvalue weighted by Crippen LogP contribution is 2.12. The summed E-state index contributed by atoms with van der Waals surface area (Å²) in [5, 5.41) is 3.37. The highest BCUT2D eigenvalue weighted by molar-refractivity contribution is 5.41. The van der Waals surface area contributed by atoms with Crippen molar-refractivity contribution in [3.05, 3.63) is 84.1 Å². The molecule has 0 unspecified atom stereocenters. The van der Waals surface area contributed by atoms with Crippen LogP contribution in [0.2, 0.25) is 0 Å². The van der Waals surface area contributed by atoms with Crippen molar-refractivity contribution in [3.8, 4) is 0 Å². The Morgan fingerprint density at radius 2 is 1.54 bits per heavy atom. The summed E-state index contributed by atoms with van der Waals surface area (Å²) in [5.41, 5.74) is 2.56. The predicted molar refractivity (Wildman–Crippen MR) is 99.2 cm³/mol. The largest absolute Gasteiger partial charge is 0.370 e. The van der Waals surface area contributed by atoms with Gasteiger partial charge in [-0.2, -0.15) is 4.98 Å². The summed E-state index contributed by atoms with van der Waals surface area (Å²) >= 11 is 0. The van der Waals surface area contributed by atoms with Gasteiger partial charge < -0.3 is 10.2 Å². The molecule has 0 atom stereocenters. The van der Waals surface area contributed by atoms with Crippen molar-refractivity contribution in [1.29, 1.82) is 0 Å². The van der Waals surface area contributed by atoms with Crippen LogP contribution in [0.1, 0.15) is 11.1 Å². The van der Waals surface area contributed by atoms with Crippen molar-refractivity contribution in [1.82, 2.24) is 9.97 Å². The molecule has 3 rings (SSSR count). The molecule has 0 bridgehead atoms. The average molecular weight is 318 g/mol. The minimum absolute atomic E-state index is 0.726. The van der Waals surface area contributed by atoms with Crippen LogP contribution in [-0.4, -0.2) is 23.6 Å². The molecule has 1 aromatic heterocycles. The topological polar surface area (TPSA) is 41.1 Å². The Morgan fingerprint density at radius 3 is 2.25 bits per heavy atom. The molecule has 0 radical (unpaired) electrons. The molecule has 0 fully saturated rings. The van der Waals surface area contributed by atoms with E-state index in [1.807, 2.05) is 37.4 Å². The van der Waals surface area contributed by atoms with Crippen LogP contribution in [0.5, 0.6) is 0 Å². The van der Waals surface area contributed by atoms with Gasteiger partial charge in [-0.05, 0) is 23.6 Å². The van der Waals surface area contributed by atoms with E-state index in [0.717, 1.165) is 31.3 Å². The molecule has 0 saturated carbocycles. The molecule has 0 aliphatic rings. The van der Waals surface area contributed by atoms with Crippen molar-refractivity contribution >= 4 is 11.8 Å². The second kappa shape index (κ2) is 8.11. The van der Waals surface area contributed by atoms with Crippen LogP contribution in [-0.2, 0) is 13.0 Å². The molecule has 24 heavy (non-hydrogen) atoms. The molecule has 1 heterocycles. The van der Waals surface area contributed by atoms with Gasteiger partial charge in [0.15, 0.2) is 0 Å². The molecule has 0 saturated heterocycles. The monoisotopic (exact) mass is 318 g/mol. The number of anilines is 2. The van der Waals surface area contributed by atoms with Crippen LogP contribution < -0.4 is 10.2 Å². The first-order valence-corrected chi connectivity index (χ1v) is 8.17. The molecule has 0 aliphatic carbocycles. The fourth-order valence-corrected chi connectivity index (χ4v) is 2.54. The van der Waals surface area contributed by atoms with Crippen LogP contribution in [0.4, 0.5) is 11.8 Å². The molecular weight excluding hydrogens is 296 g/mol. The van der Waals surface area contributed by atoms with Crippen molar-refractivity contribution < 1.29 is 0 Å².